The number of methoxy groups -OCH3 is 1. The standard InChI is InChI=1S/C15H24N2O2/c1-11(2)13-9-8-12(14(10-13)19-4)6-5-7-15(18)17-16-3/h8-11,16H,5-7H2,1-4H3,(H,17,18). The molecule has 1 amide bonds. The average molecular weight is 264 g/mol. The fourth-order valence-electron chi connectivity index (χ4n) is 1.97. The Bertz CT molecular complexity index is 417. The lowest BCUT2D eigenvalue weighted by atomic mass is 9.99. The zero-order valence-electron chi connectivity index (χ0n) is 12.2. The van der Waals surface area contributed by atoms with Crippen molar-refractivity contribution < 1.29 is 9.53 Å². The smallest absolute Gasteiger partial charge is 0.234 e. The SMILES string of the molecule is CNNC(=O)CCCc1ccc(C(C)C)cc1OC. The van der Waals surface area contributed by atoms with Crippen molar-refractivity contribution in [1.82, 2.24) is 10.9 Å². The molecule has 0 aliphatic heterocycles. The molecule has 0 spiro atoms. The minimum atomic E-state index is 0.0141. The van der Waals surface area contributed by atoms with Gasteiger partial charge in [-0.3, -0.25) is 10.2 Å². The second-order valence-corrected chi connectivity index (χ2v) is 4.88. The van der Waals surface area contributed by atoms with Crippen LogP contribution < -0.4 is 15.6 Å². The molecule has 19 heavy (non-hydrogen) atoms. The number of hydrogen-bond donors (Lipinski definition) is 2. The maximum absolute atomic E-state index is 11.3. The van der Waals surface area contributed by atoms with Crippen molar-refractivity contribution in [3.63, 3.8) is 0 Å². The van der Waals surface area contributed by atoms with Gasteiger partial charge in [-0.25, -0.2) is 5.43 Å². The Morgan fingerprint density at radius 1 is 1.37 bits per heavy atom. The molecule has 0 aliphatic rings. The van der Waals surface area contributed by atoms with E-state index in [1.54, 1.807) is 14.2 Å². The molecule has 1 rings (SSSR count). The Hall–Kier alpha value is -1.55. The van der Waals surface area contributed by atoms with E-state index in [1.165, 1.54) is 5.56 Å². The minimum absolute atomic E-state index is 0.0141. The van der Waals surface area contributed by atoms with E-state index < -0.39 is 0 Å². The summed E-state index contributed by atoms with van der Waals surface area (Å²) in [5.41, 5.74) is 7.63. The van der Waals surface area contributed by atoms with Crippen LogP contribution in [0.5, 0.6) is 5.75 Å². The maximum atomic E-state index is 11.3. The molecule has 0 aromatic heterocycles. The molecule has 106 valence electrons. The largest absolute Gasteiger partial charge is 0.496 e. The van der Waals surface area contributed by atoms with Crippen molar-refractivity contribution in [2.45, 2.75) is 39.0 Å². The molecule has 4 heteroatoms. The van der Waals surface area contributed by atoms with E-state index >= 15 is 0 Å². The summed E-state index contributed by atoms with van der Waals surface area (Å²) < 4.78 is 5.43. The second kappa shape index (κ2) is 7.79. The zero-order chi connectivity index (χ0) is 14.3. The van der Waals surface area contributed by atoms with Crippen molar-refractivity contribution >= 4 is 5.91 Å². The summed E-state index contributed by atoms with van der Waals surface area (Å²) in [4.78, 5) is 11.3. The van der Waals surface area contributed by atoms with E-state index in [0.717, 1.165) is 24.2 Å². The van der Waals surface area contributed by atoms with Crippen LogP contribution in [0.4, 0.5) is 0 Å². The minimum Gasteiger partial charge on any atom is -0.496 e. The first-order chi connectivity index (χ1) is 9.08. The first-order valence-corrected chi connectivity index (χ1v) is 6.71. The zero-order valence-corrected chi connectivity index (χ0v) is 12.2. The molecule has 4 nitrogen and oxygen atoms in total. The van der Waals surface area contributed by atoms with Crippen LogP contribution in [0.25, 0.3) is 0 Å². The van der Waals surface area contributed by atoms with E-state index in [2.05, 4.69) is 42.9 Å². The Kier molecular flexibility index (Phi) is 6.36. The van der Waals surface area contributed by atoms with Gasteiger partial charge in [0.25, 0.3) is 0 Å². The van der Waals surface area contributed by atoms with Gasteiger partial charge in [0.15, 0.2) is 0 Å². The van der Waals surface area contributed by atoms with Gasteiger partial charge >= 0.3 is 0 Å². The van der Waals surface area contributed by atoms with E-state index in [9.17, 15) is 4.79 Å². The molecule has 0 aliphatic carbocycles. The number of amides is 1. The van der Waals surface area contributed by atoms with Gasteiger partial charge in [0.05, 0.1) is 7.11 Å². The summed E-state index contributed by atoms with van der Waals surface area (Å²) in [5, 5.41) is 0. The summed E-state index contributed by atoms with van der Waals surface area (Å²) in [6.45, 7) is 4.33. The fraction of sp³-hybridized carbons (Fsp3) is 0.533. The molecular weight excluding hydrogens is 240 g/mol. The van der Waals surface area contributed by atoms with Gasteiger partial charge in [-0.05, 0) is 36.0 Å². The van der Waals surface area contributed by atoms with Gasteiger partial charge in [0.2, 0.25) is 5.91 Å². The molecule has 1 aromatic carbocycles. The van der Waals surface area contributed by atoms with Crippen molar-refractivity contribution in [2.24, 2.45) is 0 Å². The van der Waals surface area contributed by atoms with Crippen LogP contribution in [0.15, 0.2) is 18.2 Å². The molecule has 0 unspecified atom stereocenters. The number of aryl methyl sites for hydroxylation is 1. The summed E-state index contributed by atoms with van der Waals surface area (Å²) in [7, 11) is 3.38. The van der Waals surface area contributed by atoms with Crippen LogP contribution in [0.2, 0.25) is 0 Å². The third-order valence-electron chi connectivity index (χ3n) is 3.09. The quantitative estimate of drug-likeness (QED) is 0.743. The Balaban J connectivity index is 2.60. The molecule has 0 radical (unpaired) electrons. The topological polar surface area (TPSA) is 50.4 Å². The molecule has 1 aromatic rings. The number of benzene rings is 1. The Morgan fingerprint density at radius 3 is 2.68 bits per heavy atom. The van der Waals surface area contributed by atoms with Crippen LogP contribution in [0.3, 0.4) is 0 Å². The normalized spacial score (nSPS) is 10.6. The number of hydrogen-bond acceptors (Lipinski definition) is 3. The van der Waals surface area contributed by atoms with Crippen LogP contribution in [-0.2, 0) is 11.2 Å². The van der Waals surface area contributed by atoms with Gasteiger partial charge in [-0.2, -0.15) is 0 Å². The number of carbonyl (C=O) groups excluding carboxylic acids is 1. The molecule has 0 heterocycles. The first-order valence-electron chi connectivity index (χ1n) is 6.71. The van der Waals surface area contributed by atoms with Crippen LogP contribution in [-0.4, -0.2) is 20.1 Å². The number of ether oxygens (including phenoxy) is 1. The Labute approximate surface area is 115 Å². The predicted molar refractivity (Wildman–Crippen MR) is 77.2 cm³/mol. The molecular formula is C15H24N2O2. The van der Waals surface area contributed by atoms with Gasteiger partial charge in [0, 0.05) is 13.5 Å². The summed E-state index contributed by atoms with van der Waals surface area (Å²) in [5.74, 6) is 1.42. The lowest BCUT2D eigenvalue weighted by Crippen LogP contribution is -2.33. The van der Waals surface area contributed by atoms with E-state index in [-0.39, 0.29) is 5.91 Å². The summed E-state index contributed by atoms with van der Waals surface area (Å²) >= 11 is 0. The average Bonchev–Trinajstić information content (AvgIpc) is 2.39. The van der Waals surface area contributed by atoms with Gasteiger partial charge < -0.3 is 4.74 Å². The van der Waals surface area contributed by atoms with Crippen molar-refractivity contribution in [3.05, 3.63) is 29.3 Å². The molecule has 0 fully saturated rings. The van der Waals surface area contributed by atoms with Crippen LogP contribution in [0, 0.1) is 0 Å². The third-order valence-corrected chi connectivity index (χ3v) is 3.09. The maximum Gasteiger partial charge on any atom is 0.234 e. The molecule has 0 saturated carbocycles. The highest BCUT2D eigenvalue weighted by Crippen LogP contribution is 2.25. The molecule has 2 N–H and O–H groups in total. The van der Waals surface area contributed by atoms with Gasteiger partial charge in [-0.15, -0.1) is 0 Å². The Morgan fingerprint density at radius 2 is 2.11 bits per heavy atom. The number of nitrogens with one attached hydrogen (secondary N) is 2. The van der Waals surface area contributed by atoms with Crippen LogP contribution >= 0.6 is 0 Å². The van der Waals surface area contributed by atoms with Gasteiger partial charge in [-0.1, -0.05) is 26.0 Å². The van der Waals surface area contributed by atoms with Crippen molar-refractivity contribution in [1.29, 1.82) is 0 Å². The molecule has 0 bridgehead atoms. The number of rotatable bonds is 7. The van der Waals surface area contributed by atoms with E-state index in [1.807, 2.05) is 0 Å². The second-order valence-electron chi connectivity index (χ2n) is 4.88. The first kappa shape index (κ1) is 15.5. The lowest BCUT2D eigenvalue weighted by molar-refractivity contribution is -0.122. The van der Waals surface area contributed by atoms with Crippen molar-refractivity contribution in [3.8, 4) is 5.75 Å². The molecule has 0 atom stereocenters. The fourth-order valence-corrected chi connectivity index (χ4v) is 1.97. The molecule has 0 saturated heterocycles. The summed E-state index contributed by atoms with van der Waals surface area (Å²) in [6, 6.07) is 6.33. The lowest BCUT2D eigenvalue weighted by Gasteiger charge is -2.12. The van der Waals surface area contributed by atoms with E-state index in [0.29, 0.717) is 12.3 Å². The highest BCUT2D eigenvalue weighted by molar-refractivity contribution is 5.75. The van der Waals surface area contributed by atoms with E-state index in [4.69, 9.17) is 4.74 Å². The number of hydrazine groups is 1. The van der Waals surface area contributed by atoms with Crippen molar-refractivity contribution in [2.75, 3.05) is 14.2 Å². The van der Waals surface area contributed by atoms with Gasteiger partial charge in [0.1, 0.15) is 5.75 Å². The number of carbonyl (C=O) groups is 1. The third kappa shape index (κ3) is 4.91. The predicted octanol–water partition coefficient (Wildman–Crippen LogP) is 2.39. The summed E-state index contributed by atoms with van der Waals surface area (Å²) in [6.07, 6.45) is 2.17. The monoisotopic (exact) mass is 264 g/mol. The van der Waals surface area contributed by atoms with Crippen LogP contribution in [0.1, 0.15) is 43.7 Å². The highest BCUT2D eigenvalue weighted by atomic mass is 16.5. The highest BCUT2D eigenvalue weighted by Gasteiger charge is 2.08.